The zero-order valence-electron chi connectivity index (χ0n) is 13.8. The van der Waals surface area contributed by atoms with Gasteiger partial charge < -0.3 is 25.2 Å². The minimum atomic E-state index is -3.74. The standard InChI is InChI=1S/C14H18O11/c1-5(15)10(20)14(7(3)17,25-8(4)18)13(24,6(2)16)11(21)9(19)12(22)23/h9,11,19,21,24H,1-4H3,(H,22,23)/t9?,11?,13?,14-/m0/s1. The van der Waals surface area contributed by atoms with Crippen LogP contribution in [0, 0.1) is 0 Å². The first-order chi connectivity index (χ1) is 11.2. The van der Waals surface area contributed by atoms with Crippen molar-refractivity contribution in [2.45, 2.75) is 51.1 Å². The topological polar surface area (TPSA) is 193 Å². The van der Waals surface area contributed by atoms with Gasteiger partial charge in [-0.2, -0.15) is 0 Å². The second-order valence-corrected chi connectivity index (χ2v) is 5.27. The molecule has 11 heteroatoms. The largest absolute Gasteiger partial charge is 0.479 e. The Bertz CT molecular complexity index is 637. The third kappa shape index (κ3) is 3.62. The van der Waals surface area contributed by atoms with Gasteiger partial charge in [-0.3, -0.25) is 24.0 Å². The summed E-state index contributed by atoms with van der Waals surface area (Å²) in [6, 6.07) is 0. The van der Waals surface area contributed by atoms with E-state index >= 15 is 0 Å². The van der Waals surface area contributed by atoms with Crippen molar-refractivity contribution in [3.63, 3.8) is 0 Å². The number of carboxylic acid groups (broad SMARTS) is 1. The van der Waals surface area contributed by atoms with E-state index in [1.807, 2.05) is 0 Å². The molecular weight excluding hydrogens is 344 g/mol. The number of carbonyl (C=O) groups is 6. The highest BCUT2D eigenvalue weighted by atomic mass is 16.6. The number of carbonyl (C=O) groups excluding carboxylic acids is 5. The minimum Gasteiger partial charge on any atom is -0.479 e. The summed E-state index contributed by atoms with van der Waals surface area (Å²) in [6.07, 6.45) is -5.85. The number of hydrogen-bond acceptors (Lipinski definition) is 10. The van der Waals surface area contributed by atoms with E-state index in [4.69, 9.17) is 5.11 Å². The maximum atomic E-state index is 12.3. The highest BCUT2D eigenvalue weighted by Crippen LogP contribution is 2.35. The molecule has 0 aliphatic rings. The summed E-state index contributed by atoms with van der Waals surface area (Å²) in [4.78, 5) is 70.1. The van der Waals surface area contributed by atoms with Gasteiger partial charge >= 0.3 is 11.9 Å². The van der Waals surface area contributed by atoms with Crippen molar-refractivity contribution in [1.29, 1.82) is 0 Å². The van der Waals surface area contributed by atoms with Gasteiger partial charge in [0.15, 0.2) is 23.5 Å². The van der Waals surface area contributed by atoms with Gasteiger partial charge in [-0.05, 0) is 13.8 Å². The number of rotatable bonds is 9. The summed E-state index contributed by atoms with van der Waals surface area (Å²) in [5.41, 5.74) is -7.32. The third-order valence-corrected chi connectivity index (χ3v) is 3.49. The Labute approximate surface area is 141 Å². The van der Waals surface area contributed by atoms with E-state index in [1.54, 1.807) is 0 Å². The second-order valence-electron chi connectivity index (χ2n) is 5.27. The summed E-state index contributed by atoms with van der Waals surface area (Å²) in [6.45, 7) is 2.40. The normalized spacial score (nSPS) is 18.0. The fourth-order valence-electron chi connectivity index (χ4n) is 2.29. The van der Waals surface area contributed by atoms with Crippen LogP contribution in [-0.4, -0.2) is 78.9 Å². The predicted octanol–water partition coefficient (Wildman–Crippen LogP) is -2.84. The highest BCUT2D eigenvalue weighted by Gasteiger charge is 2.70. The lowest BCUT2D eigenvalue weighted by atomic mass is 9.69. The molecule has 0 saturated carbocycles. The number of carboxylic acids is 1. The Morgan fingerprint density at radius 3 is 1.56 bits per heavy atom. The molecule has 0 rings (SSSR count). The van der Waals surface area contributed by atoms with Crippen LogP contribution in [0.5, 0.6) is 0 Å². The lowest BCUT2D eigenvalue weighted by Crippen LogP contribution is -2.76. The van der Waals surface area contributed by atoms with Crippen LogP contribution >= 0.6 is 0 Å². The summed E-state index contributed by atoms with van der Waals surface area (Å²) in [5, 5.41) is 38.9. The Balaban J connectivity index is 6.98. The lowest BCUT2D eigenvalue weighted by molar-refractivity contribution is -0.225. The van der Waals surface area contributed by atoms with Crippen LogP contribution < -0.4 is 0 Å². The van der Waals surface area contributed by atoms with E-state index < -0.39 is 58.5 Å². The molecule has 0 radical (unpaired) electrons. The van der Waals surface area contributed by atoms with Crippen molar-refractivity contribution < 1.29 is 53.9 Å². The van der Waals surface area contributed by atoms with Crippen LogP contribution in [0.1, 0.15) is 27.7 Å². The second kappa shape index (κ2) is 7.59. The predicted molar refractivity (Wildman–Crippen MR) is 76.1 cm³/mol. The van der Waals surface area contributed by atoms with Crippen LogP contribution in [0.25, 0.3) is 0 Å². The molecule has 3 unspecified atom stereocenters. The maximum Gasteiger partial charge on any atom is 0.335 e. The van der Waals surface area contributed by atoms with Gasteiger partial charge in [0.25, 0.3) is 11.4 Å². The summed E-state index contributed by atoms with van der Waals surface area (Å²) >= 11 is 0. The average molecular weight is 362 g/mol. The number of hydrogen-bond donors (Lipinski definition) is 4. The molecule has 4 atom stereocenters. The molecular formula is C14H18O11. The summed E-state index contributed by atoms with van der Waals surface area (Å²) < 4.78 is 4.51. The Kier molecular flexibility index (Phi) is 6.83. The SMILES string of the molecule is CC(=O)O[C@@](C(C)=O)(C(=O)C(C)=O)C(O)(C(C)=O)C(O)C(O)C(=O)O. The fraction of sp³-hybridized carbons (Fsp3) is 0.571. The first kappa shape index (κ1) is 22.5. The van der Waals surface area contributed by atoms with Gasteiger partial charge in [0.1, 0.15) is 6.10 Å². The third-order valence-electron chi connectivity index (χ3n) is 3.49. The Morgan fingerprint density at radius 1 is 0.880 bits per heavy atom. The Morgan fingerprint density at radius 2 is 1.32 bits per heavy atom. The van der Waals surface area contributed by atoms with E-state index in [0.717, 1.165) is 0 Å². The van der Waals surface area contributed by atoms with Gasteiger partial charge in [0, 0.05) is 13.8 Å². The van der Waals surface area contributed by atoms with Crippen molar-refractivity contribution in [1.82, 2.24) is 0 Å². The molecule has 0 bridgehead atoms. The molecule has 0 aromatic heterocycles. The molecule has 0 aromatic rings. The van der Waals surface area contributed by atoms with Gasteiger partial charge in [-0.15, -0.1) is 0 Å². The van der Waals surface area contributed by atoms with E-state index in [1.165, 1.54) is 0 Å². The van der Waals surface area contributed by atoms with E-state index in [-0.39, 0.29) is 0 Å². The van der Waals surface area contributed by atoms with Crippen LogP contribution in [0.15, 0.2) is 0 Å². The molecule has 0 aliphatic carbocycles. The molecule has 0 aliphatic heterocycles. The first-order valence-electron chi connectivity index (χ1n) is 6.76. The molecule has 4 N–H and O–H groups in total. The summed E-state index contributed by atoms with van der Waals surface area (Å²) in [7, 11) is 0. The van der Waals surface area contributed by atoms with Crippen molar-refractivity contribution in [3.8, 4) is 0 Å². The lowest BCUT2D eigenvalue weighted by Gasteiger charge is -2.43. The van der Waals surface area contributed by atoms with Gasteiger partial charge in [0.05, 0.1) is 0 Å². The average Bonchev–Trinajstić information content (AvgIpc) is 2.48. The number of aliphatic carboxylic acids is 1. The molecule has 0 fully saturated rings. The number of aliphatic hydroxyl groups excluding tert-OH is 2. The van der Waals surface area contributed by atoms with Gasteiger partial charge in [-0.1, -0.05) is 0 Å². The maximum absolute atomic E-state index is 12.3. The smallest absolute Gasteiger partial charge is 0.335 e. The molecule has 11 nitrogen and oxygen atoms in total. The zero-order valence-corrected chi connectivity index (χ0v) is 13.8. The van der Waals surface area contributed by atoms with E-state index in [2.05, 4.69) is 4.74 Å². The highest BCUT2D eigenvalue weighted by molar-refractivity contribution is 6.45. The monoisotopic (exact) mass is 362 g/mol. The molecule has 0 spiro atoms. The number of ether oxygens (including phenoxy) is 1. The van der Waals surface area contributed by atoms with Crippen molar-refractivity contribution in [2.24, 2.45) is 0 Å². The van der Waals surface area contributed by atoms with E-state index in [9.17, 15) is 44.1 Å². The fourth-order valence-corrected chi connectivity index (χ4v) is 2.29. The quantitative estimate of drug-likeness (QED) is 0.187. The first-order valence-corrected chi connectivity index (χ1v) is 6.76. The molecule has 0 aromatic carbocycles. The van der Waals surface area contributed by atoms with Crippen molar-refractivity contribution in [3.05, 3.63) is 0 Å². The number of aliphatic hydroxyl groups is 3. The van der Waals surface area contributed by atoms with Crippen LogP contribution in [0.2, 0.25) is 0 Å². The molecule has 0 heterocycles. The molecule has 25 heavy (non-hydrogen) atoms. The van der Waals surface area contributed by atoms with Crippen LogP contribution in [0.4, 0.5) is 0 Å². The van der Waals surface area contributed by atoms with Crippen LogP contribution in [-0.2, 0) is 33.5 Å². The van der Waals surface area contributed by atoms with E-state index in [0.29, 0.717) is 27.7 Å². The van der Waals surface area contributed by atoms with Gasteiger partial charge in [0.2, 0.25) is 5.60 Å². The molecule has 0 saturated heterocycles. The zero-order chi connectivity index (χ0) is 20.3. The van der Waals surface area contributed by atoms with Gasteiger partial charge in [-0.25, -0.2) is 4.79 Å². The van der Waals surface area contributed by atoms with Crippen LogP contribution in [0.3, 0.4) is 0 Å². The molecule has 0 amide bonds. The summed E-state index contributed by atoms with van der Waals surface area (Å²) in [5.74, 6) is -9.99. The number of ketones is 4. The number of Topliss-reactive ketones (excluding diaryl/α,β-unsaturated/α-hetero) is 4. The van der Waals surface area contributed by atoms with Crippen molar-refractivity contribution in [2.75, 3.05) is 0 Å². The minimum absolute atomic E-state index is 0.534. The molecule has 140 valence electrons. The van der Waals surface area contributed by atoms with Crippen molar-refractivity contribution >= 4 is 35.1 Å². The Hall–Kier alpha value is -2.50. The number of esters is 1.